The third kappa shape index (κ3) is 3.68. The van der Waals surface area contributed by atoms with Gasteiger partial charge < -0.3 is 5.32 Å². The zero-order valence-electron chi connectivity index (χ0n) is 17.9. The van der Waals surface area contributed by atoms with Crippen molar-refractivity contribution in [1.82, 2.24) is 10.2 Å². The van der Waals surface area contributed by atoms with Crippen LogP contribution in [-0.4, -0.2) is 37.3 Å². The number of hydrogen-bond donors (Lipinski definition) is 2. The van der Waals surface area contributed by atoms with Crippen LogP contribution in [0.15, 0.2) is 60.7 Å². The molecule has 3 aromatic rings. The molecule has 32 heavy (non-hydrogen) atoms. The van der Waals surface area contributed by atoms with E-state index >= 15 is 0 Å². The summed E-state index contributed by atoms with van der Waals surface area (Å²) in [6.07, 6.45) is 4.25. The van der Waals surface area contributed by atoms with Gasteiger partial charge >= 0.3 is 0 Å². The van der Waals surface area contributed by atoms with Crippen LogP contribution in [0, 0.1) is 5.92 Å². The number of sulfonamides is 1. The molecule has 8 heteroatoms. The van der Waals surface area contributed by atoms with E-state index in [1.54, 1.807) is 0 Å². The second kappa shape index (κ2) is 7.78. The van der Waals surface area contributed by atoms with Crippen LogP contribution in [-0.2, 0) is 20.2 Å². The van der Waals surface area contributed by atoms with Gasteiger partial charge in [-0.1, -0.05) is 48.5 Å². The van der Waals surface area contributed by atoms with E-state index in [-0.39, 0.29) is 17.2 Å². The van der Waals surface area contributed by atoms with E-state index in [1.165, 1.54) is 10.6 Å². The third-order valence-corrected chi connectivity index (χ3v) is 7.94. The van der Waals surface area contributed by atoms with Gasteiger partial charge in [-0.15, -0.1) is 0 Å². The van der Waals surface area contributed by atoms with Crippen molar-refractivity contribution < 1.29 is 13.2 Å². The Kier molecular flexibility index (Phi) is 5.04. The van der Waals surface area contributed by atoms with Crippen LogP contribution in [0.2, 0.25) is 0 Å². The fourth-order valence-electron chi connectivity index (χ4n) is 5.12. The van der Waals surface area contributed by atoms with Gasteiger partial charge in [-0.05, 0) is 42.9 Å². The molecule has 1 aliphatic carbocycles. The number of para-hydroxylation sites is 1. The summed E-state index contributed by atoms with van der Waals surface area (Å²) in [6.45, 7) is 0.458. The van der Waals surface area contributed by atoms with E-state index in [0.717, 1.165) is 35.3 Å². The van der Waals surface area contributed by atoms with E-state index in [2.05, 4.69) is 15.5 Å². The van der Waals surface area contributed by atoms with Crippen molar-refractivity contribution in [3.05, 3.63) is 66.2 Å². The molecule has 0 radical (unpaired) electrons. The number of benzene rings is 2. The molecule has 1 aromatic heterocycles. The maximum absolute atomic E-state index is 12.9. The van der Waals surface area contributed by atoms with Gasteiger partial charge in [-0.3, -0.25) is 14.2 Å². The van der Waals surface area contributed by atoms with E-state index in [9.17, 15) is 13.2 Å². The molecule has 0 bridgehead atoms. The molecule has 2 N–H and O–H groups in total. The highest BCUT2D eigenvalue weighted by Gasteiger charge is 2.47. The number of carbonyl (C=O) groups excluding carboxylic acids is 1. The van der Waals surface area contributed by atoms with Crippen LogP contribution in [0.4, 0.5) is 11.5 Å². The lowest BCUT2D eigenvalue weighted by Crippen LogP contribution is -2.40. The highest BCUT2D eigenvalue weighted by Crippen LogP contribution is 2.51. The molecule has 1 aliphatic heterocycles. The summed E-state index contributed by atoms with van der Waals surface area (Å²) in [6, 6.07) is 19.4. The smallest absolute Gasteiger partial charge is 0.232 e. The molecule has 2 aliphatic rings. The summed E-state index contributed by atoms with van der Waals surface area (Å²) in [7, 11) is -3.34. The number of rotatable bonds is 4. The Labute approximate surface area is 187 Å². The number of hydrogen-bond acceptors (Lipinski definition) is 4. The lowest BCUT2D eigenvalue weighted by Gasteiger charge is -2.37. The molecule has 1 fully saturated rings. The van der Waals surface area contributed by atoms with Crippen LogP contribution in [0.3, 0.4) is 0 Å². The molecule has 0 saturated heterocycles. The Morgan fingerprint density at radius 1 is 1.09 bits per heavy atom. The number of aromatic nitrogens is 2. The van der Waals surface area contributed by atoms with Gasteiger partial charge in [0.05, 0.1) is 17.6 Å². The lowest BCUT2D eigenvalue weighted by molar-refractivity contribution is -0.121. The number of carbonyl (C=O) groups is 1. The maximum Gasteiger partial charge on any atom is 0.232 e. The number of amides is 1. The van der Waals surface area contributed by atoms with Crippen molar-refractivity contribution in [2.75, 3.05) is 22.4 Å². The van der Waals surface area contributed by atoms with Gasteiger partial charge in [-0.25, -0.2) is 8.42 Å². The second-order valence-corrected chi connectivity index (χ2v) is 10.8. The normalized spacial score (nSPS) is 22.7. The van der Waals surface area contributed by atoms with E-state index in [1.807, 2.05) is 60.7 Å². The first-order valence-corrected chi connectivity index (χ1v) is 12.7. The maximum atomic E-state index is 12.9. The fourth-order valence-corrected chi connectivity index (χ4v) is 6.12. The van der Waals surface area contributed by atoms with Crippen LogP contribution >= 0.6 is 0 Å². The topological polar surface area (TPSA) is 95.2 Å². The van der Waals surface area contributed by atoms with Crippen LogP contribution in [0.5, 0.6) is 0 Å². The monoisotopic (exact) mass is 450 g/mol. The Bertz CT molecular complexity index is 1250. The first-order chi connectivity index (χ1) is 15.4. The Hall–Kier alpha value is -3.13. The third-order valence-electron chi connectivity index (χ3n) is 6.82. The van der Waals surface area contributed by atoms with Crippen molar-refractivity contribution in [3.63, 3.8) is 0 Å². The molecule has 1 spiro atoms. The number of nitrogens with one attached hydrogen (secondary N) is 2. The zero-order valence-corrected chi connectivity index (χ0v) is 18.7. The minimum Gasteiger partial charge on any atom is -0.309 e. The molecule has 166 valence electrons. The van der Waals surface area contributed by atoms with Crippen molar-refractivity contribution >= 4 is 27.4 Å². The van der Waals surface area contributed by atoms with Crippen LogP contribution in [0.1, 0.15) is 31.2 Å². The van der Waals surface area contributed by atoms with E-state index in [4.69, 9.17) is 0 Å². The van der Waals surface area contributed by atoms with Crippen molar-refractivity contribution in [1.29, 1.82) is 0 Å². The Balaban J connectivity index is 1.27. The number of anilines is 2. The number of fused-ring (bicyclic) bond motifs is 2. The molecule has 2 heterocycles. The van der Waals surface area contributed by atoms with Gasteiger partial charge in [0.1, 0.15) is 0 Å². The van der Waals surface area contributed by atoms with Crippen molar-refractivity contribution in [2.45, 2.75) is 31.1 Å². The summed E-state index contributed by atoms with van der Waals surface area (Å²) >= 11 is 0. The average molecular weight is 451 g/mol. The predicted octanol–water partition coefficient (Wildman–Crippen LogP) is 3.92. The number of nitrogens with zero attached hydrogens (tertiary/aromatic N) is 2. The molecule has 5 rings (SSSR count). The number of aromatic amines is 1. The summed E-state index contributed by atoms with van der Waals surface area (Å²) in [5, 5.41) is 10.2. The van der Waals surface area contributed by atoms with Crippen molar-refractivity contribution in [2.24, 2.45) is 5.92 Å². The Morgan fingerprint density at radius 2 is 1.78 bits per heavy atom. The first-order valence-electron chi connectivity index (χ1n) is 10.8. The van der Waals surface area contributed by atoms with E-state index < -0.39 is 10.0 Å². The molecule has 0 unspecified atom stereocenters. The van der Waals surface area contributed by atoms with Gasteiger partial charge in [-0.2, -0.15) is 5.10 Å². The van der Waals surface area contributed by atoms with Gasteiger partial charge in [0.2, 0.25) is 15.9 Å². The molecular formula is C24H26N4O3S. The van der Waals surface area contributed by atoms with Gasteiger partial charge in [0, 0.05) is 23.9 Å². The minimum absolute atomic E-state index is 0.0304. The van der Waals surface area contributed by atoms with Crippen LogP contribution < -0.4 is 9.62 Å². The largest absolute Gasteiger partial charge is 0.309 e. The summed E-state index contributed by atoms with van der Waals surface area (Å²) in [4.78, 5) is 12.9. The number of H-pyrrole nitrogens is 1. The molecule has 2 aromatic carbocycles. The SMILES string of the molecule is CS(=O)(=O)N1CC2(CCC(C(=O)Nc3cc(-c4ccccc4)[nH]n3)CC2)c2ccccc21. The molecule has 1 amide bonds. The van der Waals surface area contributed by atoms with Crippen LogP contribution in [0.25, 0.3) is 11.3 Å². The average Bonchev–Trinajstić information content (AvgIpc) is 3.38. The fraction of sp³-hybridized carbons (Fsp3) is 0.333. The quantitative estimate of drug-likeness (QED) is 0.630. The highest BCUT2D eigenvalue weighted by molar-refractivity contribution is 7.92. The molecule has 0 atom stereocenters. The van der Waals surface area contributed by atoms with E-state index in [0.29, 0.717) is 25.2 Å². The van der Waals surface area contributed by atoms with Gasteiger partial charge in [0.15, 0.2) is 5.82 Å². The zero-order chi connectivity index (χ0) is 22.3. The summed E-state index contributed by atoms with van der Waals surface area (Å²) in [5.74, 6) is 0.373. The molecular weight excluding hydrogens is 424 g/mol. The Morgan fingerprint density at radius 3 is 2.50 bits per heavy atom. The lowest BCUT2D eigenvalue weighted by atomic mass is 9.67. The predicted molar refractivity (Wildman–Crippen MR) is 125 cm³/mol. The standard InChI is InChI=1S/C24H26N4O3S/c1-32(30,31)28-16-24(19-9-5-6-10-21(19)28)13-11-18(12-14-24)23(29)25-22-15-20(26-27-22)17-7-3-2-4-8-17/h2-10,15,18H,11-14,16H2,1H3,(H2,25,26,27,29). The summed E-state index contributed by atoms with van der Waals surface area (Å²) in [5.41, 5.74) is 3.51. The minimum atomic E-state index is -3.34. The first kappa shape index (κ1) is 20.8. The highest BCUT2D eigenvalue weighted by atomic mass is 32.2. The molecule has 7 nitrogen and oxygen atoms in total. The van der Waals surface area contributed by atoms with Crippen molar-refractivity contribution in [3.8, 4) is 11.3 Å². The molecule has 1 saturated carbocycles. The second-order valence-electron chi connectivity index (χ2n) is 8.86. The van der Waals surface area contributed by atoms with Gasteiger partial charge in [0.25, 0.3) is 0 Å². The summed E-state index contributed by atoms with van der Waals surface area (Å²) < 4.78 is 26.2.